The van der Waals surface area contributed by atoms with Gasteiger partial charge in [0, 0.05) is 19.8 Å². The van der Waals surface area contributed by atoms with Gasteiger partial charge in [0.05, 0.1) is 6.54 Å². The van der Waals surface area contributed by atoms with Crippen LogP contribution in [0.15, 0.2) is 16.4 Å². The van der Waals surface area contributed by atoms with Gasteiger partial charge in [0.15, 0.2) is 10.9 Å². The van der Waals surface area contributed by atoms with Crippen LogP contribution in [0, 0.1) is 6.92 Å². The number of hydrogen-bond donors (Lipinski definition) is 2. The van der Waals surface area contributed by atoms with Crippen LogP contribution in [0.25, 0.3) is 0 Å². The lowest BCUT2D eigenvalue weighted by Gasteiger charge is -2.14. The molecule has 18 heavy (non-hydrogen) atoms. The third-order valence-corrected chi connectivity index (χ3v) is 4.16. The first-order chi connectivity index (χ1) is 8.32. The molecular formula is C9H17N5O3S. The Morgan fingerprint density at radius 1 is 1.67 bits per heavy atom. The fourth-order valence-corrected chi connectivity index (χ4v) is 2.56. The summed E-state index contributed by atoms with van der Waals surface area (Å²) in [6, 6.07) is 0. The largest absolute Gasteiger partial charge is 0.409 e. The zero-order valence-corrected chi connectivity index (χ0v) is 11.3. The van der Waals surface area contributed by atoms with Crippen LogP contribution in [-0.4, -0.2) is 46.9 Å². The third kappa shape index (κ3) is 2.79. The monoisotopic (exact) mass is 275 g/mol. The van der Waals surface area contributed by atoms with Crippen molar-refractivity contribution < 1.29 is 13.6 Å². The average Bonchev–Trinajstić information content (AvgIpc) is 2.70. The minimum absolute atomic E-state index is 0.0462. The number of aromatic nitrogens is 2. The zero-order valence-electron chi connectivity index (χ0n) is 10.5. The van der Waals surface area contributed by atoms with E-state index < -0.39 is 10.0 Å². The van der Waals surface area contributed by atoms with E-state index in [4.69, 9.17) is 10.9 Å². The SMILES string of the molecule is CCn1cc(S(=O)(=O)N(C)CC(N)=NO)nc1C. The maximum Gasteiger partial charge on any atom is 0.262 e. The van der Waals surface area contributed by atoms with E-state index in [-0.39, 0.29) is 17.4 Å². The predicted octanol–water partition coefficient (Wildman–Crippen LogP) is -0.422. The second kappa shape index (κ2) is 5.36. The van der Waals surface area contributed by atoms with Crippen LogP contribution in [0.4, 0.5) is 0 Å². The van der Waals surface area contributed by atoms with Crippen molar-refractivity contribution in [3.8, 4) is 0 Å². The average molecular weight is 275 g/mol. The molecule has 0 bridgehead atoms. The van der Waals surface area contributed by atoms with Crippen molar-refractivity contribution in [2.24, 2.45) is 10.9 Å². The Balaban J connectivity index is 3.05. The molecule has 0 aromatic carbocycles. The van der Waals surface area contributed by atoms with E-state index in [1.54, 1.807) is 11.5 Å². The van der Waals surface area contributed by atoms with Crippen LogP contribution >= 0.6 is 0 Å². The van der Waals surface area contributed by atoms with E-state index in [1.165, 1.54) is 13.2 Å². The van der Waals surface area contributed by atoms with Crippen LogP contribution < -0.4 is 5.73 Å². The minimum Gasteiger partial charge on any atom is -0.409 e. The van der Waals surface area contributed by atoms with Gasteiger partial charge in [-0.05, 0) is 13.8 Å². The highest BCUT2D eigenvalue weighted by Crippen LogP contribution is 2.13. The van der Waals surface area contributed by atoms with Gasteiger partial charge in [-0.1, -0.05) is 5.16 Å². The molecule has 0 radical (unpaired) electrons. The van der Waals surface area contributed by atoms with Gasteiger partial charge in [-0.3, -0.25) is 0 Å². The smallest absolute Gasteiger partial charge is 0.262 e. The molecule has 9 heteroatoms. The van der Waals surface area contributed by atoms with Crippen molar-refractivity contribution in [1.29, 1.82) is 0 Å². The van der Waals surface area contributed by atoms with Gasteiger partial charge in [0.2, 0.25) is 0 Å². The molecule has 3 N–H and O–H groups in total. The van der Waals surface area contributed by atoms with Crippen LogP contribution in [0.2, 0.25) is 0 Å². The van der Waals surface area contributed by atoms with Crippen molar-refractivity contribution in [1.82, 2.24) is 13.9 Å². The standard InChI is InChI=1S/C9H17N5O3S/c1-4-14-6-9(11-7(14)2)18(16,17)13(3)5-8(10)12-15/h6,15H,4-5H2,1-3H3,(H2,10,12). The Morgan fingerprint density at radius 2 is 2.28 bits per heavy atom. The molecule has 0 aliphatic carbocycles. The van der Waals surface area contributed by atoms with Crippen molar-refractivity contribution in [3.63, 3.8) is 0 Å². The van der Waals surface area contributed by atoms with E-state index in [9.17, 15) is 8.42 Å². The maximum atomic E-state index is 12.1. The van der Waals surface area contributed by atoms with Gasteiger partial charge in [-0.2, -0.15) is 4.31 Å². The molecule has 0 saturated heterocycles. The van der Waals surface area contributed by atoms with Gasteiger partial charge in [-0.15, -0.1) is 0 Å². The van der Waals surface area contributed by atoms with Gasteiger partial charge in [-0.25, -0.2) is 13.4 Å². The Bertz CT molecular complexity index is 549. The zero-order chi connectivity index (χ0) is 13.9. The Morgan fingerprint density at radius 3 is 2.72 bits per heavy atom. The first-order valence-electron chi connectivity index (χ1n) is 5.29. The quantitative estimate of drug-likeness (QED) is 0.328. The highest BCUT2D eigenvalue weighted by atomic mass is 32.2. The van der Waals surface area contributed by atoms with E-state index >= 15 is 0 Å². The first-order valence-corrected chi connectivity index (χ1v) is 6.73. The molecule has 102 valence electrons. The molecule has 0 saturated carbocycles. The summed E-state index contributed by atoms with van der Waals surface area (Å²) < 4.78 is 26.9. The number of aryl methyl sites for hydroxylation is 2. The Kier molecular flexibility index (Phi) is 4.30. The topological polar surface area (TPSA) is 114 Å². The van der Waals surface area contributed by atoms with Crippen molar-refractivity contribution in [2.75, 3.05) is 13.6 Å². The van der Waals surface area contributed by atoms with Gasteiger partial charge in [0.1, 0.15) is 5.82 Å². The number of oxime groups is 1. The molecule has 0 aliphatic heterocycles. The summed E-state index contributed by atoms with van der Waals surface area (Å²) in [6.07, 6.45) is 1.47. The molecule has 0 amide bonds. The fourth-order valence-electron chi connectivity index (χ4n) is 1.43. The van der Waals surface area contributed by atoms with Crippen LogP contribution in [0.5, 0.6) is 0 Å². The van der Waals surface area contributed by atoms with Crippen molar-refractivity contribution in [2.45, 2.75) is 25.4 Å². The minimum atomic E-state index is -3.73. The maximum absolute atomic E-state index is 12.1. The summed E-state index contributed by atoms with van der Waals surface area (Å²) in [5.74, 6) is 0.431. The number of nitrogens with two attached hydrogens (primary N) is 1. The summed E-state index contributed by atoms with van der Waals surface area (Å²) in [6.45, 7) is 4.06. The lowest BCUT2D eigenvalue weighted by atomic mass is 10.6. The third-order valence-electron chi connectivity index (χ3n) is 2.48. The van der Waals surface area contributed by atoms with Gasteiger partial charge < -0.3 is 15.5 Å². The van der Waals surface area contributed by atoms with Crippen molar-refractivity contribution >= 4 is 15.9 Å². The summed E-state index contributed by atoms with van der Waals surface area (Å²) >= 11 is 0. The number of amidine groups is 1. The lowest BCUT2D eigenvalue weighted by molar-refractivity contribution is 0.315. The second-order valence-corrected chi connectivity index (χ2v) is 5.76. The summed E-state index contributed by atoms with van der Waals surface area (Å²) in [7, 11) is -2.39. The number of likely N-dealkylation sites (N-methyl/N-ethyl adjacent to an activating group) is 1. The normalized spacial score (nSPS) is 13.2. The first kappa shape index (κ1) is 14.5. The number of imidazole rings is 1. The van der Waals surface area contributed by atoms with Crippen LogP contribution in [-0.2, 0) is 16.6 Å². The molecule has 1 aromatic heterocycles. The predicted molar refractivity (Wildman–Crippen MR) is 65.9 cm³/mol. The molecule has 0 fully saturated rings. The molecule has 0 atom stereocenters. The molecule has 1 rings (SSSR count). The molecule has 8 nitrogen and oxygen atoms in total. The number of nitrogens with zero attached hydrogens (tertiary/aromatic N) is 4. The second-order valence-electron chi connectivity index (χ2n) is 3.76. The van der Waals surface area contributed by atoms with Gasteiger partial charge in [0.25, 0.3) is 10.0 Å². The Hall–Kier alpha value is -1.61. The molecule has 0 spiro atoms. The summed E-state index contributed by atoms with van der Waals surface area (Å²) in [5.41, 5.74) is 5.28. The van der Waals surface area contributed by atoms with Crippen LogP contribution in [0.3, 0.4) is 0 Å². The highest BCUT2D eigenvalue weighted by molar-refractivity contribution is 7.89. The summed E-state index contributed by atoms with van der Waals surface area (Å²) in [4.78, 5) is 4.00. The molecule has 1 aromatic rings. The number of hydrogen-bond acceptors (Lipinski definition) is 5. The van der Waals surface area contributed by atoms with Gasteiger partial charge >= 0.3 is 0 Å². The van der Waals surface area contributed by atoms with Crippen molar-refractivity contribution in [3.05, 3.63) is 12.0 Å². The molecular weight excluding hydrogens is 258 g/mol. The van der Waals surface area contributed by atoms with E-state index in [0.717, 1.165) is 4.31 Å². The van der Waals surface area contributed by atoms with E-state index in [1.807, 2.05) is 6.92 Å². The number of sulfonamides is 1. The fraction of sp³-hybridized carbons (Fsp3) is 0.556. The van der Waals surface area contributed by atoms with Crippen LogP contribution in [0.1, 0.15) is 12.7 Å². The molecule has 0 unspecified atom stereocenters. The Labute approximate surface area is 106 Å². The van der Waals surface area contributed by atoms with E-state index in [2.05, 4.69) is 10.1 Å². The van der Waals surface area contributed by atoms with E-state index in [0.29, 0.717) is 12.4 Å². The molecule has 0 aliphatic rings. The number of rotatable bonds is 5. The molecule has 1 heterocycles. The summed E-state index contributed by atoms with van der Waals surface area (Å²) in [5, 5.41) is 11.1. The highest BCUT2D eigenvalue weighted by Gasteiger charge is 2.25. The lowest BCUT2D eigenvalue weighted by Crippen LogP contribution is -2.35.